The Labute approximate surface area is 105 Å². The summed E-state index contributed by atoms with van der Waals surface area (Å²) < 4.78 is 5.35. The van der Waals surface area contributed by atoms with Crippen molar-refractivity contribution in [1.29, 1.82) is 0 Å². The summed E-state index contributed by atoms with van der Waals surface area (Å²) in [5.41, 5.74) is -0.328. The Balaban J connectivity index is 2.46. The van der Waals surface area contributed by atoms with Crippen molar-refractivity contribution in [2.75, 3.05) is 32.8 Å². The number of nitrogens with one attached hydrogen (secondary N) is 1. The highest BCUT2D eigenvalue weighted by molar-refractivity contribution is 5.81. The van der Waals surface area contributed by atoms with Gasteiger partial charge in [0.15, 0.2) is 0 Å². The van der Waals surface area contributed by atoms with Crippen LogP contribution in [-0.2, 0) is 9.53 Å². The van der Waals surface area contributed by atoms with E-state index in [0.717, 1.165) is 26.3 Å². The maximum absolute atomic E-state index is 11.8. The molecule has 0 aromatic rings. The molecule has 0 spiro atoms. The molecule has 100 valence electrons. The molecule has 4 heteroatoms. The predicted octanol–water partition coefficient (Wildman–Crippen LogP) is 1.26. The summed E-state index contributed by atoms with van der Waals surface area (Å²) in [6.45, 7) is 14.3. The molecule has 1 aliphatic heterocycles. The number of carbonyl (C=O) groups excluding carboxylic acids is 1. The molecule has 0 saturated carbocycles. The van der Waals surface area contributed by atoms with E-state index in [-0.39, 0.29) is 16.9 Å². The monoisotopic (exact) mass is 242 g/mol. The van der Waals surface area contributed by atoms with Gasteiger partial charge >= 0.3 is 0 Å². The van der Waals surface area contributed by atoms with Crippen LogP contribution >= 0.6 is 0 Å². The van der Waals surface area contributed by atoms with E-state index in [0.29, 0.717) is 6.54 Å². The third-order valence-corrected chi connectivity index (χ3v) is 3.23. The van der Waals surface area contributed by atoms with Crippen molar-refractivity contribution in [2.45, 2.75) is 40.2 Å². The molecular weight excluding hydrogens is 216 g/mol. The van der Waals surface area contributed by atoms with Gasteiger partial charge in [0.05, 0.1) is 13.2 Å². The van der Waals surface area contributed by atoms with Crippen molar-refractivity contribution in [3.8, 4) is 0 Å². The quantitative estimate of drug-likeness (QED) is 0.810. The largest absolute Gasteiger partial charge is 0.379 e. The van der Waals surface area contributed by atoms with E-state index in [2.05, 4.69) is 24.1 Å². The van der Waals surface area contributed by atoms with Crippen molar-refractivity contribution in [3.63, 3.8) is 0 Å². The van der Waals surface area contributed by atoms with Crippen molar-refractivity contribution in [1.82, 2.24) is 10.2 Å². The number of hydrogen-bond acceptors (Lipinski definition) is 3. The van der Waals surface area contributed by atoms with Crippen LogP contribution in [0.3, 0.4) is 0 Å². The second-order valence-electron chi connectivity index (χ2n) is 6.34. The predicted molar refractivity (Wildman–Crippen MR) is 68.9 cm³/mol. The highest BCUT2D eigenvalue weighted by atomic mass is 16.5. The van der Waals surface area contributed by atoms with Gasteiger partial charge in [-0.25, -0.2) is 0 Å². The van der Waals surface area contributed by atoms with Crippen molar-refractivity contribution in [3.05, 3.63) is 0 Å². The first-order valence-electron chi connectivity index (χ1n) is 6.34. The first-order chi connectivity index (χ1) is 7.73. The number of rotatable bonds is 3. The number of hydrogen-bond donors (Lipinski definition) is 1. The van der Waals surface area contributed by atoms with Gasteiger partial charge in [-0.2, -0.15) is 0 Å². The maximum atomic E-state index is 11.8. The van der Waals surface area contributed by atoms with E-state index in [1.807, 2.05) is 20.8 Å². The van der Waals surface area contributed by atoms with Crippen LogP contribution in [0.1, 0.15) is 34.6 Å². The molecule has 0 atom stereocenters. The van der Waals surface area contributed by atoms with Crippen LogP contribution in [0.5, 0.6) is 0 Å². The smallest absolute Gasteiger partial charge is 0.225 e. The summed E-state index contributed by atoms with van der Waals surface area (Å²) in [4.78, 5) is 14.2. The van der Waals surface area contributed by atoms with Crippen LogP contribution in [0.2, 0.25) is 0 Å². The zero-order valence-corrected chi connectivity index (χ0v) is 11.8. The van der Waals surface area contributed by atoms with Gasteiger partial charge in [0.25, 0.3) is 0 Å². The number of ether oxygens (including phenoxy) is 1. The molecule has 1 saturated heterocycles. The molecule has 4 nitrogen and oxygen atoms in total. The lowest BCUT2D eigenvalue weighted by Gasteiger charge is -2.41. The van der Waals surface area contributed by atoms with Crippen molar-refractivity contribution in [2.24, 2.45) is 5.41 Å². The summed E-state index contributed by atoms with van der Waals surface area (Å²) in [7, 11) is 0. The highest BCUT2D eigenvalue weighted by Crippen LogP contribution is 2.17. The minimum Gasteiger partial charge on any atom is -0.379 e. The van der Waals surface area contributed by atoms with Crippen LogP contribution in [0.25, 0.3) is 0 Å². The van der Waals surface area contributed by atoms with Gasteiger partial charge < -0.3 is 10.1 Å². The van der Waals surface area contributed by atoms with Crippen LogP contribution < -0.4 is 5.32 Å². The van der Waals surface area contributed by atoms with Crippen LogP contribution in [0.4, 0.5) is 0 Å². The Morgan fingerprint density at radius 3 is 2.18 bits per heavy atom. The molecule has 0 unspecified atom stereocenters. The van der Waals surface area contributed by atoms with Gasteiger partial charge in [-0.3, -0.25) is 9.69 Å². The summed E-state index contributed by atoms with van der Waals surface area (Å²) >= 11 is 0. The SMILES string of the molecule is CC(C)(C)C(=O)NCC(C)(C)N1CCOCC1. The van der Waals surface area contributed by atoms with Gasteiger partial charge in [-0.15, -0.1) is 0 Å². The molecule has 0 aromatic carbocycles. The van der Waals surface area contributed by atoms with Crippen LogP contribution in [0, 0.1) is 5.41 Å². The van der Waals surface area contributed by atoms with E-state index in [9.17, 15) is 4.79 Å². The molecule has 0 aromatic heterocycles. The summed E-state index contributed by atoms with van der Waals surface area (Å²) in [6, 6.07) is 0. The zero-order chi connectivity index (χ0) is 13.1. The zero-order valence-electron chi connectivity index (χ0n) is 11.8. The topological polar surface area (TPSA) is 41.6 Å². The van der Waals surface area contributed by atoms with Gasteiger partial charge in [0, 0.05) is 30.6 Å². The lowest BCUT2D eigenvalue weighted by atomic mass is 9.94. The van der Waals surface area contributed by atoms with E-state index in [4.69, 9.17) is 4.74 Å². The van der Waals surface area contributed by atoms with Crippen molar-refractivity contribution >= 4 is 5.91 Å². The van der Waals surface area contributed by atoms with Crippen LogP contribution in [-0.4, -0.2) is 49.2 Å². The maximum Gasteiger partial charge on any atom is 0.225 e. The molecule has 1 N–H and O–H groups in total. The molecule has 0 bridgehead atoms. The molecule has 0 radical (unpaired) electrons. The molecule has 1 heterocycles. The first kappa shape index (κ1) is 14.5. The standard InChI is InChI=1S/C13H26N2O2/c1-12(2,3)11(16)14-10-13(4,5)15-6-8-17-9-7-15/h6-10H2,1-5H3,(H,14,16). The minimum absolute atomic E-state index is 0.00924. The molecule has 1 fully saturated rings. The van der Waals surface area contributed by atoms with Gasteiger partial charge in [-0.1, -0.05) is 20.8 Å². The Morgan fingerprint density at radius 2 is 1.71 bits per heavy atom. The second-order valence-corrected chi connectivity index (χ2v) is 6.34. The fourth-order valence-electron chi connectivity index (χ4n) is 1.84. The molecule has 17 heavy (non-hydrogen) atoms. The summed E-state index contributed by atoms with van der Waals surface area (Å²) in [5, 5.41) is 3.04. The Bertz CT molecular complexity index is 263. The van der Waals surface area contributed by atoms with E-state index < -0.39 is 0 Å². The lowest BCUT2D eigenvalue weighted by Crippen LogP contribution is -2.56. The normalized spacial score (nSPS) is 19.1. The molecular formula is C13H26N2O2. The summed E-state index contributed by atoms with van der Waals surface area (Å²) in [5.74, 6) is 0.110. The van der Waals surface area contributed by atoms with E-state index in [1.165, 1.54) is 0 Å². The fourth-order valence-corrected chi connectivity index (χ4v) is 1.84. The number of carbonyl (C=O) groups is 1. The third-order valence-electron chi connectivity index (χ3n) is 3.23. The Hall–Kier alpha value is -0.610. The van der Waals surface area contributed by atoms with E-state index in [1.54, 1.807) is 0 Å². The van der Waals surface area contributed by atoms with Crippen molar-refractivity contribution < 1.29 is 9.53 Å². The van der Waals surface area contributed by atoms with Gasteiger partial charge in [-0.05, 0) is 13.8 Å². The van der Waals surface area contributed by atoms with Gasteiger partial charge in [0.2, 0.25) is 5.91 Å². The molecule has 1 rings (SSSR count). The molecule has 1 aliphatic rings. The fraction of sp³-hybridized carbons (Fsp3) is 0.923. The lowest BCUT2D eigenvalue weighted by molar-refractivity contribution is -0.129. The summed E-state index contributed by atoms with van der Waals surface area (Å²) in [6.07, 6.45) is 0. The van der Waals surface area contributed by atoms with Gasteiger partial charge in [0.1, 0.15) is 0 Å². The Kier molecular flexibility index (Phi) is 4.55. The molecule has 1 amide bonds. The second kappa shape index (κ2) is 5.36. The number of amides is 1. The first-order valence-corrected chi connectivity index (χ1v) is 6.34. The average molecular weight is 242 g/mol. The third kappa shape index (κ3) is 4.28. The number of morpholine rings is 1. The number of nitrogens with zero attached hydrogens (tertiary/aromatic N) is 1. The van der Waals surface area contributed by atoms with Crippen LogP contribution in [0.15, 0.2) is 0 Å². The minimum atomic E-state index is -0.318. The highest BCUT2D eigenvalue weighted by Gasteiger charge is 2.30. The van der Waals surface area contributed by atoms with E-state index >= 15 is 0 Å². The average Bonchev–Trinajstić information content (AvgIpc) is 2.26. The Morgan fingerprint density at radius 1 is 1.18 bits per heavy atom. The molecule has 0 aliphatic carbocycles.